The Hall–Kier alpha value is -1.77. The number of phenolic OH excluding ortho intramolecular Hbond substituents is 2. The summed E-state index contributed by atoms with van der Waals surface area (Å²) in [6, 6.07) is 1.94. The van der Waals surface area contributed by atoms with Crippen LogP contribution in [0.2, 0.25) is 0 Å². The lowest BCUT2D eigenvalue weighted by Crippen LogP contribution is -2.41. The minimum Gasteiger partial charge on any atom is -0.504 e. The molecule has 0 amide bonds. The third-order valence-electron chi connectivity index (χ3n) is 2.50. The summed E-state index contributed by atoms with van der Waals surface area (Å²) < 4.78 is 4.50. The first-order valence-electron chi connectivity index (χ1n) is 5.73. The predicted octanol–water partition coefficient (Wildman–Crippen LogP) is -0.706. The van der Waals surface area contributed by atoms with Gasteiger partial charge in [0.15, 0.2) is 11.5 Å². The van der Waals surface area contributed by atoms with E-state index in [1.165, 1.54) is 18.2 Å². The summed E-state index contributed by atoms with van der Waals surface area (Å²) in [5, 5.41) is 18.5. The zero-order chi connectivity index (χ0) is 15.3. The zero-order valence-corrected chi connectivity index (χ0v) is 11.4. The molecule has 0 fully saturated rings. The van der Waals surface area contributed by atoms with Crippen molar-refractivity contribution < 1.29 is 24.5 Å². The first-order valence-corrected chi connectivity index (χ1v) is 6.36. The van der Waals surface area contributed by atoms with E-state index in [-0.39, 0.29) is 23.7 Å². The Bertz CT molecular complexity index is 509. The van der Waals surface area contributed by atoms with Gasteiger partial charge in [-0.2, -0.15) is 12.6 Å². The molecule has 0 saturated carbocycles. The van der Waals surface area contributed by atoms with Gasteiger partial charge in [0.25, 0.3) is 0 Å². The summed E-state index contributed by atoms with van der Waals surface area (Å²) in [4.78, 5) is 22.9. The number of hydrogen-bond donors (Lipinski definition) is 5. The highest BCUT2D eigenvalue weighted by atomic mass is 32.1. The van der Waals surface area contributed by atoms with Gasteiger partial charge in [-0.3, -0.25) is 0 Å². The molecule has 8 heteroatoms. The highest BCUT2D eigenvalue weighted by Crippen LogP contribution is 2.25. The second kappa shape index (κ2) is 7.13. The quantitative estimate of drug-likeness (QED) is 0.210. The molecule has 110 valence electrons. The monoisotopic (exact) mass is 300 g/mol. The summed E-state index contributed by atoms with van der Waals surface area (Å²) in [6.07, 6.45) is 0.0378. The maximum Gasteiger partial charge on any atom is 0.331 e. The summed E-state index contributed by atoms with van der Waals surface area (Å²) in [5.74, 6) is -2.36. The number of benzene rings is 1. The number of hydrogen-bond acceptors (Lipinski definition) is 8. The Morgan fingerprint density at radius 1 is 1.15 bits per heavy atom. The number of carbonyl (C=O) groups is 2. The Morgan fingerprint density at radius 2 is 1.75 bits per heavy atom. The molecule has 0 aromatic heterocycles. The maximum absolute atomic E-state index is 11.6. The van der Waals surface area contributed by atoms with Crippen LogP contribution in [0, 0.1) is 0 Å². The zero-order valence-electron chi connectivity index (χ0n) is 10.5. The molecular weight excluding hydrogens is 284 g/mol. The van der Waals surface area contributed by atoms with Crippen LogP contribution in [0.3, 0.4) is 0 Å². The van der Waals surface area contributed by atoms with Gasteiger partial charge in [0.05, 0.1) is 0 Å². The van der Waals surface area contributed by atoms with Crippen molar-refractivity contribution in [2.45, 2.75) is 18.5 Å². The van der Waals surface area contributed by atoms with Gasteiger partial charge < -0.3 is 26.4 Å². The Kier molecular flexibility index (Phi) is 5.81. The third-order valence-corrected chi connectivity index (χ3v) is 2.89. The topological polar surface area (TPSA) is 136 Å². The Morgan fingerprint density at radius 3 is 2.30 bits per heavy atom. The van der Waals surface area contributed by atoms with Crippen molar-refractivity contribution in [3.05, 3.63) is 23.8 Å². The van der Waals surface area contributed by atoms with Gasteiger partial charge in [-0.05, 0) is 24.1 Å². The summed E-state index contributed by atoms with van der Waals surface area (Å²) in [5.41, 5.74) is 11.5. The molecule has 0 aliphatic rings. The molecule has 1 rings (SSSR count). The normalized spacial score (nSPS) is 13.6. The molecule has 0 aliphatic carbocycles. The third kappa shape index (κ3) is 4.41. The van der Waals surface area contributed by atoms with Crippen LogP contribution in [0.5, 0.6) is 11.5 Å². The number of nitrogens with two attached hydrogens (primary N) is 2. The van der Waals surface area contributed by atoms with E-state index in [9.17, 15) is 14.7 Å². The highest BCUT2D eigenvalue weighted by molar-refractivity contribution is 7.80. The van der Waals surface area contributed by atoms with Gasteiger partial charge in [0, 0.05) is 5.75 Å². The van der Waals surface area contributed by atoms with Crippen LogP contribution in [0.4, 0.5) is 0 Å². The fourth-order valence-corrected chi connectivity index (χ4v) is 1.51. The molecule has 2 atom stereocenters. The molecule has 0 heterocycles. The molecule has 2 unspecified atom stereocenters. The molecule has 0 saturated heterocycles. The Labute approximate surface area is 120 Å². The van der Waals surface area contributed by atoms with Gasteiger partial charge in [0.1, 0.15) is 12.1 Å². The molecule has 0 bridgehead atoms. The van der Waals surface area contributed by atoms with Crippen LogP contribution >= 0.6 is 12.6 Å². The van der Waals surface area contributed by atoms with Crippen LogP contribution in [0.15, 0.2) is 18.2 Å². The average molecular weight is 300 g/mol. The first-order chi connectivity index (χ1) is 9.35. The lowest BCUT2D eigenvalue weighted by molar-refractivity contribution is -0.161. The van der Waals surface area contributed by atoms with Gasteiger partial charge in [-0.15, -0.1) is 0 Å². The van der Waals surface area contributed by atoms with Crippen molar-refractivity contribution in [1.29, 1.82) is 0 Å². The lowest BCUT2D eigenvalue weighted by Gasteiger charge is -2.12. The lowest BCUT2D eigenvalue weighted by atomic mass is 10.1. The highest BCUT2D eigenvalue weighted by Gasteiger charge is 2.22. The number of aromatic hydroxyl groups is 2. The molecule has 20 heavy (non-hydrogen) atoms. The molecule has 6 N–H and O–H groups in total. The van der Waals surface area contributed by atoms with E-state index < -0.39 is 24.0 Å². The van der Waals surface area contributed by atoms with E-state index >= 15 is 0 Å². The Balaban J connectivity index is 2.61. The van der Waals surface area contributed by atoms with Crippen molar-refractivity contribution >= 4 is 24.6 Å². The van der Waals surface area contributed by atoms with Gasteiger partial charge >= 0.3 is 11.9 Å². The number of carbonyl (C=O) groups excluding carboxylic acids is 2. The van der Waals surface area contributed by atoms with Crippen molar-refractivity contribution in [2.24, 2.45) is 11.5 Å². The molecule has 0 radical (unpaired) electrons. The summed E-state index contributed by atoms with van der Waals surface area (Å²) >= 11 is 3.81. The van der Waals surface area contributed by atoms with E-state index in [2.05, 4.69) is 17.4 Å². The van der Waals surface area contributed by atoms with Crippen LogP contribution in [-0.2, 0) is 20.7 Å². The second-order valence-electron chi connectivity index (χ2n) is 4.16. The fraction of sp³-hybridized carbons (Fsp3) is 0.333. The van der Waals surface area contributed by atoms with E-state index in [1.54, 1.807) is 0 Å². The van der Waals surface area contributed by atoms with Gasteiger partial charge in [0.2, 0.25) is 0 Å². The number of rotatable bonds is 5. The van der Waals surface area contributed by atoms with E-state index in [1.807, 2.05) is 0 Å². The van der Waals surface area contributed by atoms with Crippen LogP contribution in [-0.4, -0.2) is 40.0 Å². The van der Waals surface area contributed by atoms with Crippen molar-refractivity contribution in [2.75, 3.05) is 5.75 Å². The molecule has 1 aromatic carbocycles. The SMILES string of the molecule is NC(CS)C(=O)OC(=O)C(N)Cc1ccc(O)c(O)c1. The predicted molar refractivity (Wildman–Crippen MR) is 74.4 cm³/mol. The summed E-state index contributed by atoms with van der Waals surface area (Å²) in [6.45, 7) is 0. The second-order valence-corrected chi connectivity index (χ2v) is 4.53. The van der Waals surface area contributed by atoms with Crippen molar-refractivity contribution in [3.8, 4) is 11.5 Å². The number of esters is 2. The van der Waals surface area contributed by atoms with Crippen molar-refractivity contribution in [1.82, 2.24) is 0 Å². The molecule has 0 aliphatic heterocycles. The van der Waals surface area contributed by atoms with Crippen LogP contribution < -0.4 is 11.5 Å². The standard InChI is InChI=1S/C12H16N2O5S/c13-7(11(17)19-12(18)8(14)5-20)3-6-1-2-9(15)10(16)4-6/h1-2,4,7-8,15-16,20H,3,5,13-14H2. The van der Waals surface area contributed by atoms with Crippen LogP contribution in [0.1, 0.15) is 5.56 Å². The van der Waals surface area contributed by atoms with Crippen molar-refractivity contribution in [3.63, 3.8) is 0 Å². The van der Waals surface area contributed by atoms with E-state index in [0.29, 0.717) is 5.56 Å². The number of phenols is 2. The molecule has 0 spiro atoms. The first kappa shape index (κ1) is 16.3. The minimum atomic E-state index is -1.09. The smallest absolute Gasteiger partial charge is 0.331 e. The van der Waals surface area contributed by atoms with E-state index in [4.69, 9.17) is 16.6 Å². The maximum atomic E-state index is 11.6. The van der Waals surface area contributed by atoms with Crippen LogP contribution in [0.25, 0.3) is 0 Å². The average Bonchev–Trinajstić information content (AvgIpc) is 2.41. The number of ether oxygens (including phenoxy) is 1. The molecular formula is C12H16N2O5S. The summed E-state index contributed by atoms with van der Waals surface area (Å²) in [7, 11) is 0. The largest absolute Gasteiger partial charge is 0.504 e. The number of thiol groups is 1. The van der Waals surface area contributed by atoms with E-state index in [0.717, 1.165) is 0 Å². The fourth-order valence-electron chi connectivity index (χ4n) is 1.36. The van der Waals surface area contributed by atoms with Gasteiger partial charge in [-0.25, -0.2) is 9.59 Å². The molecule has 7 nitrogen and oxygen atoms in total. The molecule has 1 aromatic rings. The van der Waals surface area contributed by atoms with Gasteiger partial charge in [-0.1, -0.05) is 6.07 Å². The minimum absolute atomic E-state index is 0.0378.